The molecule has 0 aliphatic heterocycles. The maximum absolute atomic E-state index is 12.2. The lowest BCUT2D eigenvalue weighted by molar-refractivity contribution is -0.145. The quantitative estimate of drug-likeness (QED) is 0.652. The first-order valence-electron chi connectivity index (χ1n) is 7.22. The van der Waals surface area contributed by atoms with E-state index in [0.717, 1.165) is 17.7 Å². The summed E-state index contributed by atoms with van der Waals surface area (Å²) in [6.07, 6.45) is 5.97. The number of carbonyl (C=O) groups excluding carboxylic acids is 1. The number of nitrogens with two attached hydrogens (primary N) is 1. The smallest absolute Gasteiger partial charge is 0.313 e. The van der Waals surface area contributed by atoms with Crippen LogP contribution >= 0.6 is 0 Å². The molecule has 0 spiro atoms. The van der Waals surface area contributed by atoms with Gasteiger partial charge in [0.15, 0.2) is 0 Å². The van der Waals surface area contributed by atoms with Crippen molar-refractivity contribution in [3.8, 4) is 0 Å². The normalized spacial score (nSPS) is 17.3. The average molecular weight is 261 g/mol. The van der Waals surface area contributed by atoms with Gasteiger partial charge in [0.1, 0.15) is 0 Å². The molecule has 1 aromatic carbocycles. The van der Waals surface area contributed by atoms with Gasteiger partial charge < -0.3 is 10.5 Å². The number of hydrogen-bond acceptors (Lipinski definition) is 3. The first-order valence-corrected chi connectivity index (χ1v) is 7.22. The van der Waals surface area contributed by atoms with Crippen LogP contribution in [0, 0.1) is 5.92 Å². The molecule has 0 heterocycles. The Morgan fingerprint density at radius 2 is 1.95 bits per heavy atom. The molecule has 19 heavy (non-hydrogen) atoms. The van der Waals surface area contributed by atoms with Crippen LogP contribution in [-0.4, -0.2) is 12.6 Å². The van der Waals surface area contributed by atoms with Gasteiger partial charge in [-0.3, -0.25) is 4.79 Å². The van der Waals surface area contributed by atoms with Crippen molar-refractivity contribution in [3.05, 3.63) is 29.8 Å². The Labute approximate surface area is 115 Å². The standard InChI is InChI=1S/C16H23NO2/c1-2-19-16(18)15(11-12-5-3-4-6-12)13-7-9-14(17)10-8-13/h7-10,12,15H,2-6,11,17H2,1H3/t15-/m1/s1. The van der Waals surface area contributed by atoms with Crippen molar-refractivity contribution in [2.45, 2.75) is 44.9 Å². The first kappa shape index (κ1) is 13.9. The Bertz CT molecular complexity index is 407. The summed E-state index contributed by atoms with van der Waals surface area (Å²) in [5, 5.41) is 0. The Morgan fingerprint density at radius 1 is 1.32 bits per heavy atom. The van der Waals surface area contributed by atoms with Crippen molar-refractivity contribution in [1.82, 2.24) is 0 Å². The molecular weight excluding hydrogens is 238 g/mol. The third kappa shape index (κ3) is 3.72. The molecule has 1 saturated carbocycles. The van der Waals surface area contributed by atoms with Gasteiger partial charge in [-0.25, -0.2) is 0 Å². The SMILES string of the molecule is CCOC(=O)[C@H](CC1CCCC1)c1ccc(N)cc1. The first-order chi connectivity index (χ1) is 9.20. The molecule has 0 amide bonds. The second-order valence-electron chi connectivity index (χ2n) is 5.36. The van der Waals surface area contributed by atoms with Crippen LogP contribution in [0.4, 0.5) is 5.69 Å². The summed E-state index contributed by atoms with van der Waals surface area (Å²) >= 11 is 0. The molecule has 2 N–H and O–H groups in total. The molecule has 0 radical (unpaired) electrons. The van der Waals surface area contributed by atoms with E-state index in [4.69, 9.17) is 10.5 Å². The van der Waals surface area contributed by atoms with E-state index in [0.29, 0.717) is 12.5 Å². The van der Waals surface area contributed by atoms with E-state index in [2.05, 4.69) is 0 Å². The molecule has 2 rings (SSSR count). The molecule has 0 aromatic heterocycles. The summed E-state index contributed by atoms with van der Waals surface area (Å²) in [5.74, 6) is 0.426. The molecule has 1 aromatic rings. The second-order valence-corrected chi connectivity index (χ2v) is 5.36. The lowest BCUT2D eigenvalue weighted by atomic mass is 9.88. The van der Waals surface area contributed by atoms with E-state index in [9.17, 15) is 4.79 Å². The van der Waals surface area contributed by atoms with Crippen LogP contribution in [0.2, 0.25) is 0 Å². The van der Waals surface area contributed by atoms with Crippen LogP contribution in [0.3, 0.4) is 0 Å². The summed E-state index contributed by atoms with van der Waals surface area (Å²) in [4.78, 5) is 12.2. The fraction of sp³-hybridized carbons (Fsp3) is 0.562. The van der Waals surface area contributed by atoms with Gasteiger partial charge in [-0.2, -0.15) is 0 Å². The predicted octanol–water partition coefficient (Wildman–Crippen LogP) is 3.50. The number of carbonyl (C=O) groups is 1. The maximum atomic E-state index is 12.2. The molecule has 0 unspecified atom stereocenters. The van der Waals surface area contributed by atoms with Gasteiger partial charge in [-0.1, -0.05) is 37.8 Å². The van der Waals surface area contributed by atoms with E-state index in [-0.39, 0.29) is 11.9 Å². The highest BCUT2D eigenvalue weighted by Crippen LogP contribution is 2.35. The van der Waals surface area contributed by atoms with E-state index in [1.165, 1.54) is 25.7 Å². The third-order valence-corrected chi connectivity index (χ3v) is 3.95. The topological polar surface area (TPSA) is 52.3 Å². The zero-order valence-electron chi connectivity index (χ0n) is 11.6. The van der Waals surface area contributed by atoms with Gasteiger partial charge in [-0.05, 0) is 37.0 Å². The lowest BCUT2D eigenvalue weighted by Crippen LogP contribution is -2.18. The largest absolute Gasteiger partial charge is 0.466 e. The predicted molar refractivity (Wildman–Crippen MR) is 76.8 cm³/mol. The van der Waals surface area contributed by atoms with E-state index in [1.807, 2.05) is 31.2 Å². The highest BCUT2D eigenvalue weighted by molar-refractivity contribution is 5.78. The average Bonchev–Trinajstić information content (AvgIpc) is 2.90. The molecule has 1 atom stereocenters. The van der Waals surface area contributed by atoms with E-state index < -0.39 is 0 Å². The molecule has 1 fully saturated rings. The zero-order chi connectivity index (χ0) is 13.7. The fourth-order valence-electron chi connectivity index (χ4n) is 2.92. The number of hydrogen-bond donors (Lipinski definition) is 1. The van der Waals surface area contributed by atoms with E-state index >= 15 is 0 Å². The number of rotatable bonds is 5. The van der Waals surface area contributed by atoms with Crippen molar-refractivity contribution < 1.29 is 9.53 Å². The van der Waals surface area contributed by atoms with Crippen molar-refractivity contribution in [1.29, 1.82) is 0 Å². The van der Waals surface area contributed by atoms with Crippen LogP contribution in [-0.2, 0) is 9.53 Å². The Morgan fingerprint density at radius 3 is 2.53 bits per heavy atom. The molecular formula is C16H23NO2. The minimum absolute atomic E-state index is 0.0980. The van der Waals surface area contributed by atoms with Crippen molar-refractivity contribution in [2.24, 2.45) is 5.92 Å². The lowest BCUT2D eigenvalue weighted by Gasteiger charge is -2.19. The van der Waals surface area contributed by atoms with Gasteiger partial charge in [0.25, 0.3) is 0 Å². The van der Waals surface area contributed by atoms with Crippen LogP contribution in [0.25, 0.3) is 0 Å². The summed E-state index contributed by atoms with van der Waals surface area (Å²) < 4.78 is 5.23. The number of ether oxygens (including phenoxy) is 1. The molecule has 3 heteroatoms. The van der Waals surface area contributed by atoms with Gasteiger partial charge in [0, 0.05) is 5.69 Å². The van der Waals surface area contributed by atoms with Crippen molar-refractivity contribution in [3.63, 3.8) is 0 Å². The monoisotopic (exact) mass is 261 g/mol. The molecule has 1 aliphatic rings. The van der Waals surface area contributed by atoms with Crippen molar-refractivity contribution >= 4 is 11.7 Å². The Balaban J connectivity index is 2.12. The van der Waals surface area contributed by atoms with Gasteiger partial charge >= 0.3 is 5.97 Å². The number of benzene rings is 1. The summed E-state index contributed by atoms with van der Waals surface area (Å²) in [6, 6.07) is 7.62. The summed E-state index contributed by atoms with van der Waals surface area (Å²) in [5.41, 5.74) is 7.47. The second kappa shape index (κ2) is 6.60. The number of nitrogen functional groups attached to an aromatic ring is 1. The minimum Gasteiger partial charge on any atom is -0.466 e. The zero-order valence-corrected chi connectivity index (χ0v) is 11.6. The number of esters is 1. The Kier molecular flexibility index (Phi) is 4.83. The van der Waals surface area contributed by atoms with Gasteiger partial charge in [0.05, 0.1) is 12.5 Å². The van der Waals surface area contributed by atoms with Gasteiger partial charge in [0.2, 0.25) is 0 Å². The van der Waals surface area contributed by atoms with Crippen LogP contribution in [0.15, 0.2) is 24.3 Å². The van der Waals surface area contributed by atoms with E-state index in [1.54, 1.807) is 0 Å². The summed E-state index contributed by atoms with van der Waals surface area (Å²) in [6.45, 7) is 2.29. The number of anilines is 1. The highest BCUT2D eigenvalue weighted by atomic mass is 16.5. The van der Waals surface area contributed by atoms with Crippen LogP contribution in [0.1, 0.15) is 50.5 Å². The highest BCUT2D eigenvalue weighted by Gasteiger charge is 2.27. The fourth-order valence-corrected chi connectivity index (χ4v) is 2.92. The molecule has 3 nitrogen and oxygen atoms in total. The maximum Gasteiger partial charge on any atom is 0.313 e. The molecule has 0 bridgehead atoms. The van der Waals surface area contributed by atoms with Crippen molar-refractivity contribution in [2.75, 3.05) is 12.3 Å². The molecule has 0 saturated heterocycles. The molecule has 104 valence electrons. The molecule has 1 aliphatic carbocycles. The van der Waals surface area contributed by atoms with Crippen LogP contribution < -0.4 is 5.73 Å². The Hall–Kier alpha value is -1.51. The van der Waals surface area contributed by atoms with Crippen LogP contribution in [0.5, 0.6) is 0 Å². The summed E-state index contributed by atoms with van der Waals surface area (Å²) in [7, 11) is 0. The third-order valence-electron chi connectivity index (χ3n) is 3.95. The minimum atomic E-state index is -0.136. The van der Waals surface area contributed by atoms with Gasteiger partial charge in [-0.15, -0.1) is 0 Å².